The molecule has 20 heavy (non-hydrogen) atoms. The van der Waals surface area contributed by atoms with E-state index < -0.39 is 0 Å². The van der Waals surface area contributed by atoms with Crippen molar-refractivity contribution in [2.75, 3.05) is 11.5 Å². The molecule has 0 saturated carbocycles. The summed E-state index contributed by atoms with van der Waals surface area (Å²) < 4.78 is 1.57. The molecule has 2 N–H and O–H groups in total. The maximum atomic E-state index is 11.2. The van der Waals surface area contributed by atoms with Crippen LogP contribution in [0.25, 0.3) is 11.1 Å². The predicted molar refractivity (Wildman–Crippen MR) is 87.7 cm³/mol. The van der Waals surface area contributed by atoms with E-state index in [1.165, 1.54) is 0 Å². The van der Waals surface area contributed by atoms with Crippen LogP contribution in [0.1, 0.15) is 16.1 Å². The van der Waals surface area contributed by atoms with E-state index in [2.05, 4.69) is 11.7 Å². The normalized spacial score (nSPS) is 11.2. The summed E-state index contributed by atoms with van der Waals surface area (Å²) in [5, 5.41) is 4.24. The molecule has 0 unspecified atom stereocenters. The van der Waals surface area contributed by atoms with Gasteiger partial charge in [-0.1, -0.05) is 30.3 Å². The van der Waals surface area contributed by atoms with Crippen LogP contribution in [0.5, 0.6) is 0 Å². The standard InChI is InChI=1S/C15H17N3OS/c1-3-8-20-10-18-15(16)14(13(9-19)17-18)12-7-5-4-6-11(12)2/h3-7,9-10,20H,1,8,16H2,2H3. The Labute approximate surface area is 121 Å². The van der Waals surface area contributed by atoms with E-state index in [0.29, 0.717) is 17.1 Å². The van der Waals surface area contributed by atoms with Gasteiger partial charge in [-0.25, -0.2) is 4.68 Å². The first kappa shape index (κ1) is 14.3. The lowest BCUT2D eigenvalue weighted by Crippen LogP contribution is -2.02. The first-order chi connectivity index (χ1) is 9.69. The molecular formula is C15H17N3OS. The van der Waals surface area contributed by atoms with E-state index in [4.69, 9.17) is 5.73 Å². The van der Waals surface area contributed by atoms with Crippen LogP contribution in [0.4, 0.5) is 5.82 Å². The molecule has 0 fully saturated rings. The Kier molecular flexibility index (Phi) is 4.53. The quantitative estimate of drug-likeness (QED) is 0.384. The molecule has 0 aliphatic heterocycles. The molecule has 0 saturated heterocycles. The number of carbonyl (C=O) groups excluding carboxylic acids is 1. The van der Waals surface area contributed by atoms with Gasteiger partial charge in [-0.2, -0.15) is 16.4 Å². The molecule has 4 nitrogen and oxygen atoms in total. The minimum absolute atomic E-state index is 0.363. The molecule has 1 heterocycles. The van der Waals surface area contributed by atoms with Gasteiger partial charge >= 0.3 is 0 Å². The summed E-state index contributed by atoms with van der Waals surface area (Å²) in [6.07, 6.45) is 2.56. The van der Waals surface area contributed by atoms with Crippen molar-refractivity contribution in [2.24, 2.45) is 0 Å². The number of nitrogen functional groups attached to an aromatic ring is 1. The molecule has 1 aromatic heterocycles. The maximum absolute atomic E-state index is 11.2. The lowest BCUT2D eigenvalue weighted by molar-refractivity contribution is 0.111. The molecule has 0 bridgehead atoms. The minimum atomic E-state index is 0.363. The van der Waals surface area contributed by atoms with Gasteiger partial charge in [0.05, 0.1) is 11.1 Å². The largest absolute Gasteiger partial charge is 0.383 e. The number of rotatable bonds is 5. The number of aryl methyl sites for hydroxylation is 1. The third-order valence-corrected chi connectivity index (χ3v) is 3.78. The molecule has 0 radical (unpaired) electrons. The van der Waals surface area contributed by atoms with E-state index in [1.807, 2.05) is 42.8 Å². The highest BCUT2D eigenvalue weighted by atomic mass is 32.1. The number of anilines is 1. The molecule has 2 aromatic rings. The van der Waals surface area contributed by atoms with E-state index in [0.717, 1.165) is 34.5 Å². The van der Waals surface area contributed by atoms with Crippen molar-refractivity contribution in [1.29, 1.82) is 0 Å². The number of thiol groups is 1. The Balaban J connectivity index is 2.56. The molecule has 2 rings (SSSR count). The summed E-state index contributed by atoms with van der Waals surface area (Å²) in [6, 6.07) is 7.81. The first-order valence-corrected chi connectivity index (χ1v) is 7.34. The molecular weight excluding hydrogens is 270 g/mol. The second kappa shape index (κ2) is 6.34. The highest BCUT2D eigenvalue weighted by Crippen LogP contribution is 2.30. The second-order valence-electron chi connectivity index (χ2n) is 4.29. The number of aromatic nitrogens is 2. The van der Waals surface area contributed by atoms with Gasteiger partial charge in [-0.15, -0.1) is 6.58 Å². The topological polar surface area (TPSA) is 60.9 Å². The van der Waals surface area contributed by atoms with Crippen LogP contribution in [0.15, 0.2) is 36.9 Å². The highest BCUT2D eigenvalue weighted by molar-refractivity contribution is 7.97. The number of nitrogens with zero attached hydrogens (tertiary/aromatic N) is 2. The fourth-order valence-corrected chi connectivity index (χ4v) is 2.54. The Bertz CT molecular complexity index is 674. The number of benzene rings is 1. The molecule has 0 amide bonds. The van der Waals surface area contributed by atoms with E-state index in [1.54, 1.807) is 4.68 Å². The van der Waals surface area contributed by atoms with Gasteiger partial charge in [0, 0.05) is 5.75 Å². The lowest BCUT2D eigenvalue weighted by Gasteiger charge is -2.05. The molecule has 5 heteroatoms. The summed E-state index contributed by atoms with van der Waals surface area (Å²) in [5.74, 6) is 1.30. The number of hydrogen-bond donors (Lipinski definition) is 2. The maximum Gasteiger partial charge on any atom is 0.171 e. The van der Waals surface area contributed by atoms with Gasteiger partial charge in [0.2, 0.25) is 0 Å². The van der Waals surface area contributed by atoms with Crippen molar-refractivity contribution >= 4 is 28.9 Å². The van der Waals surface area contributed by atoms with Gasteiger partial charge in [0.25, 0.3) is 0 Å². The van der Waals surface area contributed by atoms with Crippen molar-refractivity contribution < 1.29 is 4.79 Å². The number of nitrogens with two attached hydrogens (primary N) is 1. The zero-order valence-corrected chi connectivity index (χ0v) is 12.2. The average molecular weight is 287 g/mol. The van der Waals surface area contributed by atoms with Crippen molar-refractivity contribution in [3.8, 4) is 11.1 Å². The minimum Gasteiger partial charge on any atom is -0.383 e. The fourth-order valence-electron chi connectivity index (χ4n) is 1.96. The third kappa shape index (κ3) is 2.72. The van der Waals surface area contributed by atoms with Crippen LogP contribution in [-0.2, 0) is 0 Å². The van der Waals surface area contributed by atoms with Crippen molar-refractivity contribution in [3.63, 3.8) is 0 Å². The average Bonchev–Trinajstić information content (AvgIpc) is 2.76. The Hall–Kier alpha value is -2.14. The van der Waals surface area contributed by atoms with Crippen molar-refractivity contribution in [1.82, 2.24) is 9.78 Å². The molecule has 0 atom stereocenters. The van der Waals surface area contributed by atoms with E-state index in [9.17, 15) is 4.79 Å². The summed E-state index contributed by atoms with van der Waals surface area (Å²) in [4.78, 5) is 11.2. The van der Waals surface area contributed by atoms with Crippen LogP contribution in [0.3, 0.4) is 0 Å². The third-order valence-electron chi connectivity index (χ3n) is 2.93. The monoisotopic (exact) mass is 287 g/mol. The molecule has 0 spiro atoms. The van der Waals surface area contributed by atoms with Gasteiger partial charge in [0.1, 0.15) is 11.5 Å². The summed E-state index contributed by atoms with van der Waals surface area (Å²) >= 11 is 1.02. The SMILES string of the molecule is C=CC[SH]=Cn1nc(C=O)c(-c2ccccc2C)c1N. The van der Waals surface area contributed by atoms with Gasteiger partial charge in [-0.05, 0) is 18.1 Å². The number of aldehydes is 1. The molecule has 1 aromatic carbocycles. The summed E-state index contributed by atoms with van der Waals surface area (Å²) in [7, 11) is 0. The Morgan fingerprint density at radius 1 is 1.45 bits per heavy atom. The molecule has 0 aliphatic carbocycles. The van der Waals surface area contributed by atoms with Crippen LogP contribution in [-0.4, -0.2) is 27.3 Å². The van der Waals surface area contributed by atoms with Crippen LogP contribution >= 0.6 is 11.4 Å². The fraction of sp³-hybridized carbons (Fsp3) is 0.133. The van der Waals surface area contributed by atoms with Crippen LogP contribution < -0.4 is 5.73 Å². The van der Waals surface area contributed by atoms with Crippen molar-refractivity contribution in [3.05, 3.63) is 48.2 Å². The van der Waals surface area contributed by atoms with Crippen LogP contribution in [0.2, 0.25) is 0 Å². The molecule has 104 valence electrons. The van der Waals surface area contributed by atoms with Crippen molar-refractivity contribution in [2.45, 2.75) is 6.92 Å². The van der Waals surface area contributed by atoms with Gasteiger partial charge in [0.15, 0.2) is 6.29 Å². The second-order valence-corrected chi connectivity index (χ2v) is 5.25. The Morgan fingerprint density at radius 2 is 2.20 bits per heavy atom. The predicted octanol–water partition coefficient (Wildman–Crippen LogP) is 2.51. The zero-order valence-electron chi connectivity index (χ0n) is 11.3. The van der Waals surface area contributed by atoms with Crippen LogP contribution in [0, 0.1) is 6.92 Å². The summed E-state index contributed by atoms with van der Waals surface area (Å²) in [6.45, 7) is 5.65. The number of carbonyl (C=O) groups is 1. The first-order valence-electron chi connectivity index (χ1n) is 6.19. The number of hydrogen-bond acceptors (Lipinski definition) is 3. The van der Waals surface area contributed by atoms with E-state index in [-0.39, 0.29) is 0 Å². The van der Waals surface area contributed by atoms with Gasteiger partial charge < -0.3 is 5.73 Å². The van der Waals surface area contributed by atoms with E-state index >= 15 is 0 Å². The lowest BCUT2D eigenvalue weighted by atomic mass is 10.0. The van der Waals surface area contributed by atoms with Gasteiger partial charge in [-0.3, -0.25) is 4.79 Å². The smallest absolute Gasteiger partial charge is 0.171 e. The highest BCUT2D eigenvalue weighted by Gasteiger charge is 2.17. The Morgan fingerprint density at radius 3 is 2.85 bits per heavy atom. The zero-order chi connectivity index (χ0) is 14.5. The summed E-state index contributed by atoms with van der Waals surface area (Å²) in [5.41, 5.74) is 11.0. The molecule has 0 aliphatic rings.